The second-order valence-electron chi connectivity index (χ2n) is 5.93. The zero-order valence-electron chi connectivity index (χ0n) is 13.4. The molecule has 120 valence electrons. The van der Waals surface area contributed by atoms with Gasteiger partial charge in [-0.05, 0) is 26.9 Å². The first-order valence-electron chi connectivity index (χ1n) is 7.68. The number of carbonyl (C=O) groups is 2. The van der Waals surface area contributed by atoms with Crippen LogP contribution in [0, 0.1) is 0 Å². The first kappa shape index (κ1) is 16.4. The van der Waals surface area contributed by atoms with Crippen molar-refractivity contribution in [3.8, 4) is 0 Å². The minimum absolute atomic E-state index is 0.0870. The molecule has 0 aliphatic carbocycles. The lowest BCUT2D eigenvalue weighted by Crippen LogP contribution is -2.43. The number of carbonyl (C=O) groups excluding carboxylic acids is 2. The van der Waals surface area contributed by atoms with Gasteiger partial charge in [-0.1, -0.05) is 13.3 Å². The van der Waals surface area contributed by atoms with Crippen LogP contribution < -0.4 is 10.7 Å². The topological polar surface area (TPSA) is 71.4 Å². The summed E-state index contributed by atoms with van der Waals surface area (Å²) < 4.78 is 1.99. The van der Waals surface area contributed by atoms with Gasteiger partial charge in [-0.25, -0.2) is 0 Å². The lowest BCUT2D eigenvalue weighted by molar-refractivity contribution is -0.119. The fraction of sp³-hybridized carbons (Fsp3) is 0.562. The van der Waals surface area contributed by atoms with Crippen LogP contribution in [0.25, 0.3) is 0 Å². The van der Waals surface area contributed by atoms with Gasteiger partial charge in [0.1, 0.15) is 5.56 Å². The molecule has 2 amide bonds. The molecule has 2 rings (SSSR count). The molecule has 1 aliphatic heterocycles. The second kappa shape index (κ2) is 6.87. The fourth-order valence-corrected chi connectivity index (χ4v) is 2.71. The van der Waals surface area contributed by atoms with Crippen LogP contribution in [-0.2, 0) is 24.2 Å². The fourth-order valence-electron chi connectivity index (χ4n) is 2.71. The third kappa shape index (κ3) is 3.44. The Kier molecular flexibility index (Phi) is 5.13. The molecule has 6 nitrogen and oxygen atoms in total. The molecule has 1 aromatic heterocycles. The van der Waals surface area contributed by atoms with Crippen molar-refractivity contribution < 1.29 is 9.59 Å². The van der Waals surface area contributed by atoms with Gasteiger partial charge in [0, 0.05) is 30.5 Å². The highest BCUT2D eigenvalue weighted by atomic mass is 16.2. The van der Waals surface area contributed by atoms with Gasteiger partial charge in [-0.3, -0.25) is 19.7 Å². The van der Waals surface area contributed by atoms with E-state index in [4.69, 9.17) is 0 Å². The number of imide groups is 1. The average Bonchev–Trinajstić information content (AvgIpc) is 2.42. The van der Waals surface area contributed by atoms with Gasteiger partial charge >= 0.3 is 0 Å². The highest BCUT2D eigenvalue weighted by Crippen LogP contribution is 2.16. The molecular formula is C16H23N3O3. The van der Waals surface area contributed by atoms with E-state index < -0.39 is 5.91 Å². The molecule has 6 heteroatoms. The number of hydrogen-bond acceptors (Lipinski definition) is 4. The number of aryl methyl sites for hydroxylation is 1. The third-order valence-corrected chi connectivity index (χ3v) is 3.87. The maximum Gasteiger partial charge on any atom is 0.263 e. The van der Waals surface area contributed by atoms with E-state index in [2.05, 4.69) is 12.2 Å². The standard InChI is InChI=1S/C16H23N3O3/c1-4-5-6-11-9-13(20)15-12(10-14(21)17-16(15)22)19(11)8-7-18(2)3/h9H,4-8,10H2,1-3H3,(H,17,21,22). The quantitative estimate of drug-likeness (QED) is 0.780. The summed E-state index contributed by atoms with van der Waals surface area (Å²) in [7, 11) is 3.94. The predicted octanol–water partition coefficient (Wildman–Crippen LogP) is 0.565. The molecule has 1 aliphatic rings. The van der Waals surface area contributed by atoms with Crippen molar-refractivity contribution in [3.05, 3.63) is 33.2 Å². The van der Waals surface area contributed by atoms with E-state index in [0.29, 0.717) is 12.2 Å². The summed E-state index contributed by atoms with van der Waals surface area (Å²) in [4.78, 5) is 38.0. The van der Waals surface area contributed by atoms with E-state index >= 15 is 0 Å². The summed E-state index contributed by atoms with van der Waals surface area (Å²) in [5.41, 5.74) is 1.31. The summed E-state index contributed by atoms with van der Waals surface area (Å²) >= 11 is 0. The molecule has 0 fully saturated rings. The van der Waals surface area contributed by atoms with E-state index in [1.54, 1.807) is 6.07 Å². The van der Waals surface area contributed by atoms with Crippen LogP contribution in [0.1, 0.15) is 41.5 Å². The summed E-state index contributed by atoms with van der Waals surface area (Å²) in [5, 5.41) is 2.23. The van der Waals surface area contributed by atoms with Gasteiger partial charge in [-0.15, -0.1) is 0 Å². The van der Waals surface area contributed by atoms with Crippen molar-refractivity contribution in [2.45, 2.75) is 39.2 Å². The van der Waals surface area contributed by atoms with Crippen LogP contribution in [0.2, 0.25) is 0 Å². The molecule has 22 heavy (non-hydrogen) atoms. The second-order valence-corrected chi connectivity index (χ2v) is 5.93. The van der Waals surface area contributed by atoms with E-state index in [0.717, 1.165) is 31.5 Å². The molecule has 0 saturated heterocycles. The SMILES string of the molecule is CCCCc1cc(=O)c2c(n1CCN(C)C)CC(=O)NC2=O. The number of nitrogens with zero attached hydrogens (tertiary/aromatic N) is 2. The Balaban J connectivity index is 2.53. The molecule has 0 radical (unpaired) electrons. The van der Waals surface area contributed by atoms with Gasteiger partial charge in [0.25, 0.3) is 5.91 Å². The lowest BCUT2D eigenvalue weighted by Gasteiger charge is -2.24. The number of aromatic nitrogens is 1. The molecule has 2 heterocycles. The smallest absolute Gasteiger partial charge is 0.263 e. The molecular weight excluding hydrogens is 282 g/mol. The molecule has 1 N–H and O–H groups in total. The van der Waals surface area contributed by atoms with Gasteiger partial charge < -0.3 is 9.47 Å². The van der Waals surface area contributed by atoms with Crippen LogP contribution in [0.4, 0.5) is 0 Å². The number of hydrogen-bond donors (Lipinski definition) is 1. The molecule has 0 saturated carbocycles. The molecule has 0 spiro atoms. The first-order chi connectivity index (χ1) is 10.4. The zero-order chi connectivity index (χ0) is 16.3. The Morgan fingerprint density at radius 1 is 1.27 bits per heavy atom. The number of amides is 2. The molecule has 0 atom stereocenters. The third-order valence-electron chi connectivity index (χ3n) is 3.87. The van der Waals surface area contributed by atoms with E-state index in [1.165, 1.54) is 0 Å². The Morgan fingerprint density at radius 3 is 2.64 bits per heavy atom. The van der Waals surface area contributed by atoms with Crippen LogP contribution in [0.15, 0.2) is 10.9 Å². The summed E-state index contributed by atoms with van der Waals surface area (Å²) in [6, 6.07) is 1.56. The first-order valence-corrected chi connectivity index (χ1v) is 7.68. The maximum absolute atomic E-state index is 12.3. The summed E-state index contributed by atoms with van der Waals surface area (Å²) in [5.74, 6) is -0.917. The Morgan fingerprint density at radius 2 is 2.00 bits per heavy atom. The van der Waals surface area contributed by atoms with Crippen molar-refractivity contribution in [2.75, 3.05) is 20.6 Å². The van der Waals surface area contributed by atoms with Crippen LogP contribution in [-0.4, -0.2) is 41.9 Å². The van der Waals surface area contributed by atoms with E-state index in [1.807, 2.05) is 23.6 Å². The van der Waals surface area contributed by atoms with Crippen molar-refractivity contribution in [3.63, 3.8) is 0 Å². The summed E-state index contributed by atoms with van der Waals surface area (Å²) in [6.07, 6.45) is 2.87. The predicted molar refractivity (Wildman–Crippen MR) is 84.0 cm³/mol. The number of fused-ring (bicyclic) bond motifs is 1. The van der Waals surface area contributed by atoms with Crippen molar-refractivity contribution in [2.24, 2.45) is 0 Å². The van der Waals surface area contributed by atoms with Gasteiger partial charge in [0.05, 0.1) is 6.42 Å². The number of rotatable bonds is 6. The maximum atomic E-state index is 12.3. The lowest BCUT2D eigenvalue weighted by atomic mass is 10.0. The molecule has 1 aromatic rings. The largest absolute Gasteiger partial charge is 0.346 e. The zero-order valence-corrected chi connectivity index (χ0v) is 13.4. The van der Waals surface area contributed by atoms with Gasteiger partial charge in [0.2, 0.25) is 5.91 Å². The monoisotopic (exact) mass is 305 g/mol. The number of pyridine rings is 1. The minimum atomic E-state index is -0.572. The normalized spacial score (nSPS) is 14.2. The molecule has 0 unspecified atom stereocenters. The average molecular weight is 305 g/mol. The van der Waals surface area contributed by atoms with Crippen LogP contribution in [0.3, 0.4) is 0 Å². The highest BCUT2D eigenvalue weighted by molar-refractivity contribution is 6.09. The Labute approximate surface area is 130 Å². The van der Waals surface area contributed by atoms with E-state index in [-0.39, 0.29) is 23.3 Å². The number of unbranched alkanes of at least 4 members (excludes halogenated alkanes) is 1. The van der Waals surface area contributed by atoms with E-state index in [9.17, 15) is 14.4 Å². The van der Waals surface area contributed by atoms with Crippen molar-refractivity contribution in [1.29, 1.82) is 0 Å². The van der Waals surface area contributed by atoms with Gasteiger partial charge in [-0.2, -0.15) is 0 Å². The Bertz CT molecular complexity index is 647. The Hall–Kier alpha value is -1.95. The number of nitrogens with one attached hydrogen (secondary N) is 1. The van der Waals surface area contributed by atoms with Crippen LogP contribution in [0.5, 0.6) is 0 Å². The minimum Gasteiger partial charge on any atom is -0.346 e. The van der Waals surface area contributed by atoms with Crippen LogP contribution >= 0.6 is 0 Å². The van der Waals surface area contributed by atoms with Crippen molar-refractivity contribution in [1.82, 2.24) is 14.8 Å². The molecule has 0 aromatic carbocycles. The summed E-state index contributed by atoms with van der Waals surface area (Å²) in [6.45, 7) is 3.54. The van der Waals surface area contributed by atoms with Crippen molar-refractivity contribution >= 4 is 11.8 Å². The molecule has 0 bridgehead atoms. The number of likely N-dealkylation sites (N-methyl/N-ethyl adjacent to an activating group) is 1. The van der Waals surface area contributed by atoms with Gasteiger partial charge in [0.15, 0.2) is 5.43 Å². The highest BCUT2D eigenvalue weighted by Gasteiger charge is 2.28.